The second-order valence-corrected chi connectivity index (χ2v) is 13.5. The fourth-order valence-electron chi connectivity index (χ4n) is 6.35. The topological polar surface area (TPSA) is 62.3 Å². The number of hydrogen-bond acceptors (Lipinski definition) is 5. The minimum absolute atomic E-state index is 0.0232. The standard InChI is InChI=1S/C32H40F3N3O4/c1-30(2,3)41-28(39)36(7)21-10-11-22(25(17-21)32(33,34)35)20-15-19-9-8-13-38-26-12-14-37(29(40)42-31(4,5)6)18-24(26)23(16-20)27(19)38/h10-11,15-17,24,26H,8-9,12-14,18H2,1-7H3/t24-,26-/m0/s1. The highest BCUT2D eigenvalue weighted by Gasteiger charge is 2.46. The number of piperidine rings is 1. The molecular weight excluding hydrogens is 547 g/mol. The second-order valence-electron chi connectivity index (χ2n) is 13.5. The third kappa shape index (κ3) is 5.90. The lowest BCUT2D eigenvalue weighted by molar-refractivity contribution is -0.137. The fraction of sp³-hybridized carbons (Fsp3) is 0.562. The Bertz CT molecular complexity index is 1390. The van der Waals surface area contributed by atoms with Crippen molar-refractivity contribution in [2.45, 2.75) is 90.1 Å². The van der Waals surface area contributed by atoms with Crippen LogP contribution in [-0.2, 0) is 22.1 Å². The Morgan fingerprint density at radius 3 is 2.29 bits per heavy atom. The molecule has 10 heteroatoms. The average molecular weight is 588 g/mol. The highest BCUT2D eigenvalue weighted by molar-refractivity contribution is 5.88. The van der Waals surface area contributed by atoms with E-state index < -0.39 is 29.0 Å². The SMILES string of the molecule is CN(C(=O)OC(C)(C)C)c1ccc(-c2cc3c4c(c2)[C@@H]2CN(C(=O)OC(C)(C)C)CC[C@@H]2N4CCC3)c(C(F)(F)F)c1. The highest BCUT2D eigenvalue weighted by Crippen LogP contribution is 2.51. The monoisotopic (exact) mass is 587 g/mol. The fourth-order valence-corrected chi connectivity index (χ4v) is 6.35. The van der Waals surface area contributed by atoms with Crippen molar-refractivity contribution in [2.24, 2.45) is 0 Å². The van der Waals surface area contributed by atoms with Crippen LogP contribution >= 0.6 is 0 Å². The molecule has 3 aliphatic rings. The zero-order valence-corrected chi connectivity index (χ0v) is 25.4. The number of nitrogens with zero attached hydrogens (tertiary/aromatic N) is 3. The molecule has 0 aliphatic carbocycles. The summed E-state index contributed by atoms with van der Waals surface area (Å²) in [7, 11) is 1.40. The van der Waals surface area contributed by atoms with Crippen molar-refractivity contribution in [2.75, 3.05) is 36.5 Å². The van der Waals surface area contributed by atoms with E-state index in [0.717, 1.165) is 53.6 Å². The number of likely N-dealkylation sites (tertiary alicyclic amines) is 1. The van der Waals surface area contributed by atoms with Crippen molar-refractivity contribution in [3.05, 3.63) is 47.0 Å². The molecule has 2 amide bonds. The van der Waals surface area contributed by atoms with Gasteiger partial charge in [0.2, 0.25) is 0 Å². The number of amides is 2. The molecule has 1 saturated heterocycles. The average Bonchev–Trinajstić information content (AvgIpc) is 3.20. The van der Waals surface area contributed by atoms with Gasteiger partial charge in [0.25, 0.3) is 0 Å². The van der Waals surface area contributed by atoms with Crippen LogP contribution in [0.5, 0.6) is 0 Å². The third-order valence-corrected chi connectivity index (χ3v) is 8.05. The van der Waals surface area contributed by atoms with Crippen molar-refractivity contribution >= 4 is 23.6 Å². The summed E-state index contributed by atoms with van der Waals surface area (Å²) in [6.45, 7) is 12.5. The van der Waals surface area contributed by atoms with Crippen LogP contribution < -0.4 is 9.80 Å². The Labute approximate surface area is 245 Å². The number of carbonyl (C=O) groups is 2. The molecule has 1 fully saturated rings. The molecule has 0 saturated carbocycles. The Morgan fingerprint density at radius 1 is 0.952 bits per heavy atom. The van der Waals surface area contributed by atoms with Gasteiger partial charge in [-0.1, -0.05) is 6.07 Å². The van der Waals surface area contributed by atoms with Crippen molar-refractivity contribution in [1.29, 1.82) is 0 Å². The van der Waals surface area contributed by atoms with Crippen molar-refractivity contribution in [1.82, 2.24) is 4.90 Å². The van der Waals surface area contributed by atoms with Crippen molar-refractivity contribution in [3.63, 3.8) is 0 Å². The summed E-state index contributed by atoms with van der Waals surface area (Å²) in [5.41, 5.74) is 1.56. The second kappa shape index (κ2) is 10.4. The minimum atomic E-state index is -4.65. The first-order valence-corrected chi connectivity index (χ1v) is 14.5. The van der Waals surface area contributed by atoms with Gasteiger partial charge in [-0.2, -0.15) is 13.2 Å². The minimum Gasteiger partial charge on any atom is -0.444 e. The molecule has 2 aromatic rings. The number of rotatable bonds is 2. The smallest absolute Gasteiger partial charge is 0.417 e. The van der Waals surface area contributed by atoms with Crippen LogP contribution in [-0.4, -0.2) is 61.0 Å². The molecule has 42 heavy (non-hydrogen) atoms. The number of halogens is 3. The number of hydrogen-bond donors (Lipinski definition) is 0. The molecule has 3 heterocycles. The number of ether oxygens (including phenoxy) is 2. The van der Waals surface area contributed by atoms with Crippen LogP contribution in [0.25, 0.3) is 11.1 Å². The molecule has 228 valence electrons. The maximum atomic E-state index is 14.5. The highest BCUT2D eigenvalue weighted by atomic mass is 19.4. The molecule has 3 aliphatic heterocycles. The molecule has 2 atom stereocenters. The van der Waals surface area contributed by atoms with Gasteiger partial charge in [0.1, 0.15) is 11.2 Å². The van der Waals surface area contributed by atoms with Crippen molar-refractivity contribution in [3.8, 4) is 11.1 Å². The molecule has 2 aromatic carbocycles. The largest absolute Gasteiger partial charge is 0.444 e. The molecule has 0 N–H and O–H groups in total. The van der Waals surface area contributed by atoms with Crippen LogP contribution in [0.3, 0.4) is 0 Å². The van der Waals surface area contributed by atoms with E-state index >= 15 is 0 Å². The van der Waals surface area contributed by atoms with Gasteiger partial charge in [-0.25, -0.2) is 9.59 Å². The summed E-state index contributed by atoms with van der Waals surface area (Å²) in [4.78, 5) is 30.7. The summed E-state index contributed by atoms with van der Waals surface area (Å²) in [5, 5.41) is 0. The first-order chi connectivity index (χ1) is 19.4. The number of anilines is 2. The van der Waals surface area contributed by atoms with Gasteiger partial charge >= 0.3 is 18.4 Å². The number of fused-ring (bicyclic) bond motifs is 3. The van der Waals surface area contributed by atoms with Crippen LogP contribution in [0.2, 0.25) is 0 Å². The van der Waals surface area contributed by atoms with E-state index in [1.165, 1.54) is 19.2 Å². The quantitative estimate of drug-likeness (QED) is 0.362. The number of alkyl halides is 3. The van der Waals surface area contributed by atoms with Gasteiger partial charge in [-0.15, -0.1) is 0 Å². The molecule has 0 aromatic heterocycles. The Kier molecular flexibility index (Phi) is 7.43. The van der Waals surface area contributed by atoms with E-state index in [2.05, 4.69) is 4.90 Å². The Morgan fingerprint density at radius 2 is 1.64 bits per heavy atom. The van der Waals surface area contributed by atoms with E-state index in [9.17, 15) is 22.8 Å². The number of benzene rings is 2. The summed E-state index contributed by atoms with van der Waals surface area (Å²) in [5.74, 6) is -0.0232. The first-order valence-electron chi connectivity index (χ1n) is 14.5. The van der Waals surface area contributed by atoms with Gasteiger partial charge < -0.3 is 19.3 Å². The third-order valence-electron chi connectivity index (χ3n) is 8.05. The lowest BCUT2D eigenvalue weighted by atomic mass is 9.86. The predicted octanol–water partition coefficient (Wildman–Crippen LogP) is 7.60. The summed E-state index contributed by atoms with van der Waals surface area (Å²) in [6.07, 6.45) is -3.28. The van der Waals surface area contributed by atoms with Gasteiger partial charge in [0.05, 0.1) is 5.56 Å². The molecule has 5 rings (SSSR count). The lowest BCUT2D eigenvalue weighted by Gasteiger charge is -2.40. The van der Waals surface area contributed by atoms with Gasteiger partial charge in [0.15, 0.2) is 0 Å². The van der Waals surface area contributed by atoms with E-state index in [1.807, 2.05) is 32.9 Å². The summed E-state index contributed by atoms with van der Waals surface area (Å²) in [6, 6.07) is 7.93. The van der Waals surface area contributed by atoms with E-state index in [1.54, 1.807) is 25.7 Å². The van der Waals surface area contributed by atoms with Crippen LogP contribution in [0.4, 0.5) is 34.1 Å². The Balaban J connectivity index is 1.53. The predicted molar refractivity (Wildman–Crippen MR) is 156 cm³/mol. The molecule has 0 unspecified atom stereocenters. The zero-order valence-electron chi connectivity index (χ0n) is 25.4. The summed E-state index contributed by atoms with van der Waals surface area (Å²) < 4.78 is 54.6. The molecule has 0 bridgehead atoms. The normalized spacial score (nSPS) is 20.1. The first kappa shape index (κ1) is 30.0. The van der Waals surface area contributed by atoms with Gasteiger partial charge in [0, 0.05) is 50.0 Å². The number of carbonyl (C=O) groups excluding carboxylic acids is 2. The van der Waals surface area contributed by atoms with E-state index in [-0.39, 0.29) is 29.3 Å². The van der Waals surface area contributed by atoms with Crippen molar-refractivity contribution < 1.29 is 32.2 Å². The molecular formula is C32H40F3N3O4. The molecule has 0 radical (unpaired) electrons. The lowest BCUT2D eigenvalue weighted by Crippen LogP contribution is -2.49. The maximum Gasteiger partial charge on any atom is 0.417 e. The summed E-state index contributed by atoms with van der Waals surface area (Å²) >= 11 is 0. The Hall–Kier alpha value is -3.43. The van der Waals surface area contributed by atoms with Crippen LogP contribution in [0.15, 0.2) is 30.3 Å². The number of aryl methyl sites for hydroxylation is 1. The van der Waals surface area contributed by atoms with Gasteiger partial charge in [-0.05, 0) is 107 Å². The van der Waals surface area contributed by atoms with Crippen LogP contribution in [0, 0.1) is 0 Å². The molecule has 7 nitrogen and oxygen atoms in total. The van der Waals surface area contributed by atoms with Crippen LogP contribution in [0.1, 0.15) is 77.0 Å². The zero-order chi connectivity index (χ0) is 30.8. The van der Waals surface area contributed by atoms with E-state index in [0.29, 0.717) is 18.7 Å². The molecule has 0 spiro atoms. The maximum absolute atomic E-state index is 14.5. The van der Waals surface area contributed by atoms with Gasteiger partial charge in [-0.3, -0.25) is 4.90 Å². The van der Waals surface area contributed by atoms with E-state index in [4.69, 9.17) is 9.47 Å².